The van der Waals surface area contributed by atoms with Gasteiger partial charge < -0.3 is 14.0 Å². The molecule has 0 unspecified atom stereocenters. The maximum absolute atomic E-state index is 13.2. The van der Waals surface area contributed by atoms with Crippen molar-refractivity contribution in [2.45, 2.75) is 17.9 Å². The van der Waals surface area contributed by atoms with Crippen LogP contribution in [-0.4, -0.2) is 38.6 Å². The summed E-state index contributed by atoms with van der Waals surface area (Å²) >= 11 is 5.96. The predicted octanol–water partition coefficient (Wildman–Crippen LogP) is 3.76. The molecule has 3 aromatic rings. The van der Waals surface area contributed by atoms with Gasteiger partial charge in [-0.2, -0.15) is 4.31 Å². The summed E-state index contributed by atoms with van der Waals surface area (Å²) in [5.41, 5.74) is 2.34. The molecule has 0 radical (unpaired) electrons. The van der Waals surface area contributed by atoms with Crippen molar-refractivity contribution in [2.75, 3.05) is 20.8 Å². The van der Waals surface area contributed by atoms with Crippen LogP contribution >= 0.6 is 11.6 Å². The zero-order chi connectivity index (χ0) is 20.6. The Kier molecular flexibility index (Phi) is 5.24. The third-order valence-corrected chi connectivity index (χ3v) is 6.99. The summed E-state index contributed by atoms with van der Waals surface area (Å²) in [4.78, 5) is 0.142. The van der Waals surface area contributed by atoms with Crippen LogP contribution in [0.3, 0.4) is 0 Å². The van der Waals surface area contributed by atoms with Crippen molar-refractivity contribution in [1.29, 1.82) is 0 Å². The highest BCUT2D eigenvalue weighted by atomic mass is 35.5. The van der Waals surface area contributed by atoms with Crippen LogP contribution in [-0.2, 0) is 23.0 Å². The van der Waals surface area contributed by atoms with Crippen LogP contribution < -0.4 is 9.47 Å². The first-order valence-electron chi connectivity index (χ1n) is 8.89. The molecule has 2 aromatic carbocycles. The highest BCUT2D eigenvalue weighted by Crippen LogP contribution is 2.35. The Bertz CT molecular complexity index is 1140. The van der Waals surface area contributed by atoms with Gasteiger partial charge in [-0.15, -0.1) is 0 Å². The molecule has 1 aliphatic heterocycles. The van der Waals surface area contributed by atoms with E-state index in [1.807, 2.05) is 12.1 Å². The van der Waals surface area contributed by atoms with E-state index < -0.39 is 10.0 Å². The Morgan fingerprint density at radius 1 is 1.07 bits per heavy atom. The Hall–Kier alpha value is -2.55. The standard InChI is InChI=1S/C20H19ClN2O5S/c1-26-18-8-7-15(11-19(18)27-2)29(24,25)23-10-9-17-16(12-23)20(28-22-17)13-3-5-14(21)6-4-13/h3-8,11H,9-10,12H2,1-2H3. The largest absolute Gasteiger partial charge is 0.493 e. The molecule has 29 heavy (non-hydrogen) atoms. The summed E-state index contributed by atoms with van der Waals surface area (Å²) in [7, 11) is -0.767. The molecule has 2 heterocycles. The van der Waals surface area contributed by atoms with Gasteiger partial charge in [0.15, 0.2) is 17.3 Å². The number of benzene rings is 2. The molecular formula is C20H19ClN2O5S. The molecule has 0 amide bonds. The van der Waals surface area contributed by atoms with Crippen LogP contribution in [0.5, 0.6) is 11.5 Å². The van der Waals surface area contributed by atoms with Gasteiger partial charge in [-0.25, -0.2) is 8.42 Å². The van der Waals surface area contributed by atoms with Crippen LogP contribution in [0, 0.1) is 0 Å². The van der Waals surface area contributed by atoms with E-state index in [4.69, 9.17) is 25.6 Å². The molecule has 7 nitrogen and oxygen atoms in total. The minimum absolute atomic E-state index is 0.142. The number of nitrogens with zero attached hydrogens (tertiary/aromatic N) is 2. The van der Waals surface area contributed by atoms with Gasteiger partial charge in [0.25, 0.3) is 0 Å². The smallest absolute Gasteiger partial charge is 0.243 e. The van der Waals surface area contributed by atoms with E-state index in [0.29, 0.717) is 35.2 Å². The zero-order valence-corrected chi connectivity index (χ0v) is 17.5. The predicted molar refractivity (Wildman–Crippen MR) is 108 cm³/mol. The third kappa shape index (κ3) is 3.59. The van der Waals surface area contributed by atoms with Crippen LogP contribution in [0.4, 0.5) is 0 Å². The Labute approximate surface area is 173 Å². The van der Waals surface area contributed by atoms with E-state index >= 15 is 0 Å². The molecule has 0 saturated carbocycles. The van der Waals surface area contributed by atoms with E-state index in [-0.39, 0.29) is 11.4 Å². The van der Waals surface area contributed by atoms with E-state index in [2.05, 4.69) is 5.16 Å². The number of sulfonamides is 1. The maximum Gasteiger partial charge on any atom is 0.243 e. The van der Waals surface area contributed by atoms with Crippen molar-refractivity contribution in [1.82, 2.24) is 9.46 Å². The second-order valence-corrected chi connectivity index (χ2v) is 8.92. The molecule has 0 fully saturated rings. The van der Waals surface area contributed by atoms with Crippen molar-refractivity contribution in [3.8, 4) is 22.8 Å². The van der Waals surface area contributed by atoms with Gasteiger partial charge >= 0.3 is 0 Å². The number of fused-ring (bicyclic) bond motifs is 1. The van der Waals surface area contributed by atoms with Gasteiger partial charge in [0.2, 0.25) is 10.0 Å². The van der Waals surface area contributed by atoms with Gasteiger partial charge in [-0.3, -0.25) is 0 Å². The topological polar surface area (TPSA) is 81.9 Å². The molecule has 1 aliphatic rings. The highest BCUT2D eigenvalue weighted by Gasteiger charge is 2.33. The summed E-state index contributed by atoms with van der Waals surface area (Å²) in [6, 6.07) is 11.7. The van der Waals surface area contributed by atoms with E-state index in [9.17, 15) is 8.42 Å². The summed E-state index contributed by atoms with van der Waals surface area (Å²) in [5.74, 6) is 1.39. The molecule has 0 bridgehead atoms. The molecule has 0 aliphatic carbocycles. The first kappa shape index (κ1) is 19.8. The Balaban J connectivity index is 1.67. The molecular weight excluding hydrogens is 416 g/mol. The average molecular weight is 435 g/mol. The summed E-state index contributed by atoms with van der Waals surface area (Å²) < 4.78 is 43.9. The van der Waals surface area contributed by atoms with Gasteiger partial charge in [0.05, 0.1) is 24.8 Å². The maximum atomic E-state index is 13.2. The first-order valence-corrected chi connectivity index (χ1v) is 10.7. The summed E-state index contributed by atoms with van der Waals surface area (Å²) in [5, 5.41) is 4.74. The number of hydrogen-bond acceptors (Lipinski definition) is 6. The Morgan fingerprint density at radius 2 is 1.79 bits per heavy atom. The second-order valence-electron chi connectivity index (χ2n) is 6.55. The number of methoxy groups -OCH3 is 2. The van der Waals surface area contributed by atoms with E-state index in [0.717, 1.165) is 16.8 Å². The number of rotatable bonds is 5. The van der Waals surface area contributed by atoms with Crippen LogP contribution in [0.2, 0.25) is 5.02 Å². The van der Waals surface area contributed by atoms with Gasteiger partial charge in [-0.1, -0.05) is 16.8 Å². The van der Waals surface area contributed by atoms with E-state index in [1.165, 1.54) is 30.7 Å². The van der Waals surface area contributed by atoms with Crippen LogP contribution in [0.15, 0.2) is 51.9 Å². The molecule has 0 saturated heterocycles. The lowest BCUT2D eigenvalue weighted by Gasteiger charge is -2.26. The number of hydrogen-bond donors (Lipinski definition) is 0. The number of aromatic nitrogens is 1. The van der Waals surface area contributed by atoms with Crippen molar-refractivity contribution in [3.05, 3.63) is 58.7 Å². The molecule has 9 heteroatoms. The normalized spacial score (nSPS) is 14.4. The van der Waals surface area contributed by atoms with Gasteiger partial charge in [-0.05, 0) is 36.4 Å². The minimum atomic E-state index is -3.74. The van der Waals surface area contributed by atoms with Gasteiger partial charge in [0, 0.05) is 41.7 Å². The van der Waals surface area contributed by atoms with Crippen molar-refractivity contribution in [3.63, 3.8) is 0 Å². The summed E-state index contributed by atoms with van der Waals surface area (Å²) in [6.07, 6.45) is 0.471. The molecule has 0 spiro atoms. The zero-order valence-electron chi connectivity index (χ0n) is 15.9. The fraction of sp³-hybridized carbons (Fsp3) is 0.250. The molecule has 4 rings (SSSR count). The second kappa shape index (κ2) is 7.70. The first-order chi connectivity index (χ1) is 13.9. The van der Waals surface area contributed by atoms with Crippen molar-refractivity contribution in [2.24, 2.45) is 0 Å². The van der Waals surface area contributed by atoms with Crippen molar-refractivity contribution >= 4 is 21.6 Å². The molecule has 152 valence electrons. The quantitative estimate of drug-likeness (QED) is 0.608. The van der Waals surface area contributed by atoms with E-state index in [1.54, 1.807) is 18.2 Å². The number of ether oxygens (including phenoxy) is 2. The summed E-state index contributed by atoms with van der Waals surface area (Å²) in [6.45, 7) is 0.490. The SMILES string of the molecule is COc1ccc(S(=O)(=O)N2CCc3noc(-c4ccc(Cl)cc4)c3C2)cc1OC. The lowest BCUT2D eigenvalue weighted by atomic mass is 10.0. The molecule has 0 N–H and O–H groups in total. The molecule has 0 atom stereocenters. The van der Waals surface area contributed by atoms with Crippen molar-refractivity contribution < 1.29 is 22.4 Å². The fourth-order valence-electron chi connectivity index (χ4n) is 3.35. The number of halogens is 1. The van der Waals surface area contributed by atoms with Gasteiger partial charge in [0.1, 0.15) is 0 Å². The monoisotopic (exact) mass is 434 g/mol. The minimum Gasteiger partial charge on any atom is -0.493 e. The third-order valence-electron chi connectivity index (χ3n) is 4.90. The molecule has 1 aromatic heterocycles. The lowest BCUT2D eigenvalue weighted by molar-refractivity contribution is 0.353. The fourth-order valence-corrected chi connectivity index (χ4v) is 4.90. The Morgan fingerprint density at radius 3 is 2.48 bits per heavy atom. The highest BCUT2D eigenvalue weighted by molar-refractivity contribution is 7.89. The lowest BCUT2D eigenvalue weighted by Crippen LogP contribution is -2.36. The van der Waals surface area contributed by atoms with Crippen LogP contribution in [0.25, 0.3) is 11.3 Å². The average Bonchev–Trinajstić information content (AvgIpc) is 3.17. The van der Waals surface area contributed by atoms with Crippen LogP contribution in [0.1, 0.15) is 11.3 Å².